The number of carboxylic acid groups (broad SMARTS) is 1. The molecule has 1 rings (SSSR count). The summed E-state index contributed by atoms with van der Waals surface area (Å²) in [6.07, 6.45) is -5.69. The zero-order valence-electron chi connectivity index (χ0n) is 8.58. The standard InChI is InChI=1S/C10H8ClF3O3/c1-5(9(15)16)17-8-3-2-6(4-7(8)11)10(12,13)14/h2-5H,1H3,(H,15,16). The monoisotopic (exact) mass is 268 g/mol. The Balaban J connectivity index is 2.95. The van der Waals surface area contributed by atoms with Gasteiger partial charge in [0.1, 0.15) is 5.75 Å². The van der Waals surface area contributed by atoms with Gasteiger partial charge in [0.2, 0.25) is 0 Å². The third-order valence-corrected chi connectivity index (χ3v) is 2.21. The van der Waals surface area contributed by atoms with Crippen molar-refractivity contribution in [2.24, 2.45) is 0 Å². The minimum absolute atomic E-state index is 0.102. The number of ether oxygens (including phenoxy) is 1. The number of rotatable bonds is 3. The van der Waals surface area contributed by atoms with Gasteiger partial charge < -0.3 is 9.84 Å². The fourth-order valence-electron chi connectivity index (χ4n) is 1.01. The van der Waals surface area contributed by atoms with Crippen LogP contribution in [-0.4, -0.2) is 17.2 Å². The molecule has 1 aromatic carbocycles. The lowest BCUT2D eigenvalue weighted by atomic mass is 10.2. The zero-order chi connectivity index (χ0) is 13.2. The first kappa shape index (κ1) is 13.6. The number of carboxylic acids is 1. The molecule has 3 nitrogen and oxygen atoms in total. The van der Waals surface area contributed by atoms with E-state index in [4.69, 9.17) is 21.4 Å². The van der Waals surface area contributed by atoms with Gasteiger partial charge in [-0.2, -0.15) is 13.2 Å². The summed E-state index contributed by atoms with van der Waals surface area (Å²) in [5.41, 5.74) is -0.919. The lowest BCUT2D eigenvalue weighted by molar-refractivity contribution is -0.144. The Labute approximate surface area is 99.8 Å². The van der Waals surface area contributed by atoms with Crippen LogP contribution in [0.15, 0.2) is 18.2 Å². The van der Waals surface area contributed by atoms with E-state index in [1.807, 2.05) is 0 Å². The van der Waals surface area contributed by atoms with Crippen molar-refractivity contribution in [2.45, 2.75) is 19.2 Å². The minimum atomic E-state index is -4.50. The van der Waals surface area contributed by atoms with E-state index in [0.717, 1.165) is 12.1 Å². The van der Waals surface area contributed by atoms with Crippen molar-refractivity contribution in [3.05, 3.63) is 28.8 Å². The third kappa shape index (κ3) is 3.52. The summed E-state index contributed by atoms with van der Waals surface area (Å²) in [5, 5.41) is 8.29. The van der Waals surface area contributed by atoms with Crippen LogP contribution in [0.4, 0.5) is 13.2 Å². The van der Waals surface area contributed by atoms with Crippen molar-refractivity contribution in [3.8, 4) is 5.75 Å². The van der Waals surface area contributed by atoms with Gasteiger partial charge >= 0.3 is 12.1 Å². The Morgan fingerprint density at radius 3 is 2.47 bits per heavy atom. The molecular weight excluding hydrogens is 261 g/mol. The van der Waals surface area contributed by atoms with E-state index >= 15 is 0 Å². The molecule has 0 fully saturated rings. The van der Waals surface area contributed by atoms with Crippen molar-refractivity contribution >= 4 is 17.6 Å². The topological polar surface area (TPSA) is 46.5 Å². The number of benzene rings is 1. The van der Waals surface area contributed by atoms with Crippen molar-refractivity contribution < 1.29 is 27.8 Å². The normalized spacial score (nSPS) is 13.2. The maximum absolute atomic E-state index is 12.3. The van der Waals surface area contributed by atoms with Crippen LogP contribution >= 0.6 is 11.6 Å². The Hall–Kier alpha value is -1.43. The van der Waals surface area contributed by atoms with E-state index in [-0.39, 0.29) is 10.8 Å². The number of carbonyl (C=O) groups is 1. The molecule has 1 unspecified atom stereocenters. The highest BCUT2D eigenvalue weighted by atomic mass is 35.5. The van der Waals surface area contributed by atoms with Crippen LogP contribution in [0.25, 0.3) is 0 Å². The lowest BCUT2D eigenvalue weighted by Crippen LogP contribution is -2.23. The van der Waals surface area contributed by atoms with Gasteiger partial charge in [-0.25, -0.2) is 4.79 Å². The Morgan fingerprint density at radius 1 is 1.47 bits per heavy atom. The highest BCUT2D eigenvalue weighted by Gasteiger charge is 2.31. The second-order valence-electron chi connectivity index (χ2n) is 3.24. The van der Waals surface area contributed by atoms with E-state index in [0.29, 0.717) is 6.07 Å². The van der Waals surface area contributed by atoms with E-state index in [2.05, 4.69) is 0 Å². The Kier molecular flexibility index (Phi) is 3.87. The van der Waals surface area contributed by atoms with Crippen LogP contribution < -0.4 is 4.74 Å². The summed E-state index contributed by atoms with van der Waals surface area (Å²) in [5.74, 6) is -1.34. The van der Waals surface area contributed by atoms with E-state index in [1.165, 1.54) is 6.92 Å². The van der Waals surface area contributed by atoms with E-state index < -0.39 is 23.8 Å². The summed E-state index contributed by atoms with van der Waals surface area (Å²) in [7, 11) is 0. The number of aliphatic carboxylic acids is 1. The average molecular weight is 269 g/mol. The molecule has 1 aromatic rings. The quantitative estimate of drug-likeness (QED) is 0.916. The van der Waals surface area contributed by atoms with E-state index in [1.54, 1.807) is 0 Å². The van der Waals surface area contributed by atoms with Crippen LogP contribution in [0.1, 0.15) is 12.5 Å². The second kappa shape index (κ2) is 4.83. The third-order valence-electron chi connectivity index (χ3n) is 1.91. The molecule has 0 saturated heterocycles. The molecular formula is C10H8ClF3O3. The summed E-state index contributed by atoms with van der Waals surface area (Å²) < 4.78 is 41.8. The molecule has 0 amide bonds. The van der Waals surface area contributed by atoms with Gasteiger partial charge in [0, 0.05) is 0 Å². The van der Waals surface area contributed by atoms with Gasteiger partial charge in [-0.05, 0) is 25.1 Å². The SMILES string of the molecule is CC(Oc1ccc(C(F)(F)F)cc1Cl)C(=O)O. The van der Waals surface area contributed by atoms with Crippen molar-refractivity contribution in [1.82, 2.24) is 0 Å². The van der Waals surface area contributed by atoms with Gasteiger partial charge in [0.25, 0.3) is 0 Å². The van der Waals surface area contributed by atoms with Gasteiger partial charge in [-0.15, -0.1) is 0 Å². The average Bonchev–Trinajstić information content (AvgIpc) is 2.19. The highest BCUT2D eigenvalue weighted by molar-refractivity contribution is 6.32. The molecule has 0 heterocycles. The van der Waals surface area contributed by atoms with Gasteiger partial charge in [0.05, 0.1) is 10.6 Å². The number of alkyl halides is 3. The molecule has 0 saturated carbocycles. The molecule has 17 heavy (non-hydrogen) atoms. The Morgan fingerprint density at radius 2 is 2.06 bits per heavy atom. The molecule has 7 heteroatoms. The smallest absolute Gasteiger partial charge is 0.416 e. The molecule has 94 valence electrons. The van der Waals surface area contributed by atoms with Crippen molar-refractivity contribution in [2.75, 3.05) is 0 Å². The molecule has 0 spiro atoms. The summed E-state index contributed by atoms with van der Waals surface area (Å²) in [4.78, 5) is 10.5. The van der Waals surface area contributed by atoms with Crippen molar-refractivity contribution in [3.63, 3.8) is 0 Å². The summed E-state index contributed by atoms with van der Waals surface area (Å²) in [6.45, 7) is 1.25. The first-order chi connectivity index (χ1) is 7.71. The fourth-order valence-corrected chi connectivity index (χ4v) is 1.24. The first-order valence-electron chi connectivity index (χ1n) is 4.48. The van der Waals surface area contributed by atoms with Gasteiger partial charge in [-0.3, -0.25) is 0 Å². The second-order valence-corrected chi connectivity index (χ2v) is 3.65. The fraction of sp³-hybridized carbons (Fsp3) is 0.300. The molecule has 0 aliphatic rings. The van der Waals surface area contributed by atoms with Gasteiger partial charge in [-0.1, -0.05) is 11.6 Å². The van der Waals surface area contributed by atoms with Crippen LogP contribution in [0, 0.1) is 0 Å². The number of halogens is 4. The molecule has 0 aromatic heterocycles. The predicted octanol–water partition coefficient (Wildman–Crippen LogP) is 3.21. The number of hydrogen-bond acceptors (Lipinski definition) is 2. The lowest BCUT2D eigenvalue weighted by Gasteiger charge is -2.13. The molecule has 0 aliphatic carbocycles. The predicted molar refractivity (Wildman–Crippen MR) is 54.2 cm³/mol. The summed E-state index contributed by atoms with van der Waals surface area (Å²) in [6, 6.07) is 2.45. The molecule has 0 bridgehead atoms. The summed E-state index contributed by atoms with van der Waals surface area (Å²) >= 11 is 5.57. The van der Waals surface area contributed by atoms with Crippen molar-refractivity contribution in [1.29, 1.82) is 0 Å². The number of hydrogen-bond donors (Lipinski definition) is 1. The Bertz CT molecular complexity index is 431. The van der Waals surface area contributed by atoms with E-state index in [9.17, 15) is 18.0 Å². The van der Waals surface area contributed by atoms with Crippen LogP contribution in [0.2, 0.25) is 5.02 Å². The first-order valence-corrected chi connectivity index (χ1v) is 4.86. The maximum atomic E-state index is 12.3. The van der Waals surface area contributed by atoms with Crippen LogP contribution in [0.3, 0.4) is 0 Å². The highest BCUT2D eigenvalue weighted by Crippen LogP contribution is 2.34. The van der Waals surface area contributed by atoms with Crippen LogP contribution in [-0.2, 0) is 11.0 Å². The molecule has 0 radical (unpaired) electrons. The maximum Gasteiger partial charge on any atom is 0.416 e. The minimum Gasteiger partial charge on any atom is -0.479 e. The molecule has 1 N–H and O–H groups in total. The van der Waals surface area contributed by atoms with Crippen LogP contribution in [0.5, 0.6) is 5.75 Å². The van der Waals surface area contributed by atoms with Gasteiger partial charge in [0.15, 0.2) is 6.10 Å². The zero-order valence-corrected chi connectivity index (χ0v) is 9.34. The molecule has 1 atom stereocenters. The molecule has 0 aliphatic heterocycles. The largest absolute Gasteiger partial charge is 0.479 e.